The summed E-state index contributed by atoms with van der Waals surface area (Å²) in [5.74, 6) is -0.803. The maximum Gasteiger partial charge on any atom is 0.408 e. The zero-order valence-corrected chi connectivity index (χ0v) is 20.4. The minimum atomic E-state index is -0.758. The average molecular weight is 468 g/mol. The first-order valence-corrected chi connectivity index (χ1v) is 11.1. The molecule has 1 N–H and O–H groups in total. The number of esters is 1. The van der Waals surface area contributed by atoms with E-state index in [1.54, 1.807) is 37.8 Å². The van der Waals surface area contributed by atoms with Gasteiger partial charge in [0.25, 0.3) is 0 Å². The summed E-state index contributed by atoms with van der Waals surface area (Å²) in [6.45, 7) is 10.6. The highest BCUT2D eigenvalue weighted by Gasteiger charge is 2.38. The summed E-state index contributed by atoms with van der Waals surface area (Å²) < 4.78 is 10.3. The molecule has 1 aliphatic rings. The molecule has 32 heavy (non-hydrogen) atoms. The van der Waals surface area contributed by atoms with Crippen molar-refractivity contribution in [3.8, 4) is 0 Å². The predicted octanol–water partition coefficient (Wildman–Crippen LogP) is 3.08. The van der Waals surface area contributed by atoms with Crippen LogP contribution in [0.3, 0.4) is 0 Å². The molecule has 1 heterocycles. The lowest BCUT2D eigenvalue weighted by atomic mass is 10.0. The molecule has 1 saturated heterocycles. The second-order valence-electron chi connectivity index (χ2n) is 9.29. The Kier molecular flexibility index (Phi) is 8.92. The molecule has 178 valence electrons. The maximum absolute atomic E-state index is 13.3. The fourth-order valence-corrected chi connectivity index (χ4v) is 3.66. The molecule has 0 radical (unpaired) electrons. The summed E-state index contributed by atoms with van der Waals surface area (Å²) >= 11 is 5.97. The summed E-state index contributed by atoms with van der Waals surface area (Å²) in [4.78, 5) is 41.7. The number of nitrogens with one attached hydrogen (secondary N) is 1. The number of piperazine rings is 1. The first-order valence-electron chi connectivity index (χ1n) is 10.8. The van der Waals surface area contributed by atoms with Crippen LogP contribution in [0.1, 0.15) is 40.2 Å². The minimum absolute atomic E-state index is 0.154. The molecule has 2 amide bonds. The summed E-state index contributed by atoms with van der Waals surface area (Å²) in [7, 11) is 1.34. The lowest BCUT2D eigenvalue weighted by molar-refractivity contribution is -0.152. The van der Waals surface area contributed by atoms with Crippen molar-refractivity contribution in [2.24, 2.45) is 5.92 Å². The molecule has 2 atom stereocenters. The van der Waals surface area contributed by atoms with Crippen molar-refractivity contribution < 1.29 is 23.9 Å². The van der Waals surface area contributed by atoms with E-state index in [2.05, 4.69) is 5.32 Å². The van der Waals surface area contributed by atoms with Crippen LogP contribution in [0.25, 0.3) is 0 Å². The maximum atomic E-state index is 13.3. The van der Waals surface area contributed by atoms with Crippen LogP contribution in [-0.2, 0) is 25.6 Å². The Morgan fingerprint density at radius 3 is 2.31 bits per heavy atom. The van der Waals surface area contributed by atoms with Gasteiger partial charge in [-0.3, -0.25) is 14.5 Å². The van der Waals surface area contributed by atoms with E-state index in [4.69, 9.17) is 21.1 Å². The molecule has 8 nitrogen and oxygen atoms in total. The van der Waals surface area contributed by atoms with Gasteiger partial charge in [-0.2, -0.15) is 0 Å². The Balaban J connectivity index is 2.12. The van der Waals surface area contributed by atoms with Gasteiger partial charge in [0.2, 0.25) is 5.91 Å². The largest absolute Gasteiger partial charge is 0.468 e. The fraction of sp³-hybridized carbons (Fsp3) is 0.609. The van der Waals surface area contributed by atoms with Crippen LogP contribution in [0.5, 0.6) is 0 Å². The Bertz CT molecular complexity index is 807. The van der Waals surface area contributed by atoms with Gasteiger partial charge in [-0.15, -0.1) is 0 Å². The van der Waals surface area contributed by atoms with E-state index in [1.807, 2.05) is 30.9 Å². The Hall–Kier alpha value is -2.32. The SMILES string of the molecule is COC(=O)C1CN(C(=O)C(NC(=O)OC(C)(C)C)C(C)C)CCN1Cc1ccc(Cl)cc1. The third kappa shape index (κ3) is 7.38. The van der Waals surface area contributed by atoms with Gasteiger partial charge in [-0.05, 0) is 44.4 Å². The molecule has 1 fully saturated rings. The quantitative estimate of drug-likeness (QED) is 0.647. The molecule has 0 bridgehead atoms. The van der Waals surface area contributed by atoms with Crippen molar-refractivity contribution in [3.63, 3.8) is 0 Å². The Morgan fingerprint density at radius 1 is 1.16 bits per heavy atom. The van der Waals surface area contributed by atoms with Gasteiger partial charge >= 0.3 is 12.1 Å². The number of alkyl carbamates (subject to hydrolysis) is 1. The predicted molar refractivity (Wildman–Crippen MR) is 122 cm³/mol. The van der Waals surface area contributed by atoms with Crippen LogP contribution >= 0.6 is 11.6 Å². The van der Waals surface area contributed by atoms with Crippen LogP contribution < -0.4 is 5.32 Å². The molecule has 2 rings (SSSR count). The van der Waals surface area contributed by atoms with E-state index in [1.165, 1.54) is 7.11 Å². The smallest absolute Gasteiger partial charge is 0.408 e. The molecule has 2 unspecified atom stereocenters. The highest BCUT2D eigenvalue weighted by Crippen LogP contribution is 2.19. The normalized spacial score (nSPS) is 18.2. The highest BCUT2D eigenvalue weighted by atomic mass is 35.5. The van der Waals surface area contributed by atoms with Crippen molar-refractivity contribution in [3.05, 3.63) is 34.9 Å². The number of hydrogen-bond donors (Lipinski definition) is 1. The molecule has 0 saturated carbocycles. The second kappa shape index (κ2) is 11.0. The monoisotopic (exact) mass is 467 g/mol. The van der Waals surface area contributed by atoms with Crippen LogP contribution in [0.4, 0.5) is 4.79 Å². The van der Waals surface area contributed by atoms with E-state index in [0.717, 1.165) is 5.56 Å². The molecule has 0 spiro atoms. The first kappa shape index (κ1) is 25.9. The number of halogens is 1. The lowest BCUT2D eigenvalue weighted by Crippen LogP contribution is -2.61. The Morgan fingerprint density at radius 2 is 1.78 bits per heavy atom. The number of hydrogen-bond acceptors (Lipinski definition) is 6. The zero-order chi connectivity index (χ0) is 24.1. The van der Waals surface area contributed by atoms with E-state index < -0.39 is 29.7 Å². The van der Waals surface area contributed by atoms with Gasteiger partial charge in [-0.1, -0.05) is 37.6 Å². The van der Waals surface area contributed by atoms with Gasteiger partial charge < -0.3 is 19.7 Å². The molecule has 0 aliphatic carbocycles. The fourth-order valence-electron chi connectivity index (χ4n) is 3.54. The van der Waals surface area contributed by atoms with Gasteiger partial charge in [0.15, 0.2) is 0 Å². The average Bonchev–Trinajstić information content (AvgIpc) is 2.71. The third-order valence-corrected chi connectivity index (χ3v) is 5.43. The first-order chi connectivity index (χ1) is 14.9. The van der Waals surface area contributed by atoms with E-state index in [-0.39, 0.29) is 18.4 Å². The van der Waals surface area contributed by atoms with E-state index >= 15 is 0 Å². The molecule has 1 aliphatic heterocycles. The number of nitrogens with zero attached hydrogens (tertiary/aromatic N) is 2. The summed E-state index contributed by atoms with van der Waals surface area (Å²) in [6, 6.07) is 6.06. The van der Waals surface area contributed by atoms with Gasteiger partial charge in [-0.25, -0.2) is 4.79 Å². The third-order valence-electron chi connectivity index (χ3n) is 5.18. The number of benzene rings is 1. The van der Waals surface area contributed by atoms with Crippen LogP contribution in [0.2, 0.25) is 5.02 Å². The molecular weight excluding hydrogens is 434 g/mol. The van der Waals surface area contributed by atoms with Crippen molar-refractivity contribution in [2.75, 3.05) is 26.7 Å². The van der Waals surface area contributed by atoms with Crippen LogP contribution in [-0.4, -0.2) is 72.2 Å². The van der Waals surface area contributed by atoms with Crippen molar-refractivity contribution in [1.82, 2.24) is 15.1 Å². The van der Waals surface area contributed by atoms with Crippen molar-refractivity contribution in [1.29, 1.82) is 0 Å². The number of rotatable bonds is 6. The minimum Gasteiger partial charge on any atom is -0.468 e. The summed E-state index contributed by atoms with van der Waals surface area (Å²) in [5, 5.41) is 3.33. The van der Waals surface area contributed by atoms with E-state index in [0.29, 0.717) is 24.7 Å². The number of carbonyl (C=O) groups excluding carboxylic acids is 3. The number of carbonyl (C=O) groups is 3. The zero-order valence-electron chi connectivity index (χ0n) is 19.7. The number of amides is 2. The molecular formula is C23H34ClN3O5. The highest BCUT2D eigenvalue weighted by molar-refractivity contribution is 6.30. The topological polar surface area (TPSA) is 88.2 Å². The van der Waals surface area contributed by atoms with Gasteiger partial charge in [0, 0.05) is 31.2 Å². The molecule has 9 heteroatoms. The van der Waals surface area contributed by atoms with Crippen LogP contribution in [0.15, 0.2) is 24.3 Å². The summed E-state index contributed by atoms with van der Waals surface area (Å²) in [5.41, 5.74) is 0.340. The van der Waals surface area contributed by atoms with Crippen molar-refractivity contribution in [2.45, 2.75) is 58.8 Å². The second-order valence-corrected chi connectivity index (χ2v) is 9.72. The van der Waals surface area contributed by atoms with Crippen LogP contribution in [0, 0.1) is 5.92 Å². The Labute approximate surface area is 195 Å². The summed E-state index contributed by atoms with van der Waals surface area (Å²) in [6.07, 6.45) is -0.643. The number of ether oxygens (including phenoxy) is 2. The lowest BCUT2D eigenvalue weighted by Gasteiger charge is -2.41. The standard InChI is InChI=1S/C23H34ClN3O5/c1-15(2)19(25-22(30)32-23(3,4)5)20(28)27-12-11-26(18(14-27)21(29)31-6)13-16-7-9-17(24)10-8-16/h7-10,15,18-19H,11-14H2,1-6H3,(H,25,30). The van der Waals surface area contributed by atoms with E-state index in [9.17, 15) is 14.4 Å². The van der Waals surface area contributed by atoms with Gasteiger partial charge in [0.05, 0.1) is 7.11 Å². The molecule has 1 aromatic carbocycles. The molecule has 0 aromatic heterocycles. The van der Waals surface area contributed by atoms with Gasteiger partial charge in [0.1, 0.15) is 17.7 Å². The molecule has 1 aromatic rings. The number of methoxy groups -OCH3 is 1. The van der Waals surface area contributed by atoms with Crippen molar-refractivity contribution >= 4 is 29.6 Å².